The molecule has 9 nitrogen and oxygen atoms in total. The van der Waals surface area contributed by atoms with Gasteiger partial charge in [-0.3, -0.25) is 9.59 Å². The Balaban J connectivity index is 2.09. The van der Waals surface area contributed by atoms with Crippen LogP contribution < -0.4 is 14.8 Å². The quantitative estimate of drug-likeness (QED) is 0.321. The molecule has 2 N–H and O–H groups in total. The lowest BCUT2D eigenvalue weighted by molar-refractivity contribution is -0.140. The van der Waals surface area contributed by atoms with E-state index in [2.05, 4.69) is 10.0 Å². The van der Waals surface area contributed by atoms with Crippen molar-refractivity contribution in [2.24, 2.45) is 0 Å². The molecule has 2 rings (SSSR count). The topological polar surface area (TPSA) is 114 Å². The number of nitrogens with zero attached hydrogens (tertiary/aromatic N) is 1. The molecule has 2 aromatic rings. The number of nitrogens with one attached hydrogen (secondary N) is 2. The number of hydrogen-bond acceptors (Lipinski definition) is 6. The number of amides is 2. The molecule has 0 saturated heterocycles. The van der Waals surface area contributed by atoms with Crippen LogP contribution in [0.2, 0.25) is 0 Å². The van der Waals surface area contributed by atoms with Crippen molar-refractivity contribution >= 4 is 21.8 Å². The van der Waals surface area contributed by atoms with Crippen molar-refractivity contribution in [3.63, 3.8) is 0 Å². The van der Waals surface area contributed by atoms with Crippen LogP contribution in [-0.4, -0.2) is 64.6 Å². The Kier molecular flexibility index (Phi) is 12.5. The van der Waals surface area contributed by atoms with Crippen molar-refractivity contribution < 1.29 is 27.5 Å². The molecule has 0 heterocycles. The zero-order chi connectivity index (χ0) is 27.3. The summed E-state index contributed by atoms with van der Waals surface area (Å²) in [5.41, 5.74) is 1.71. The predicted octanol–water partition coefficient (Wildman–Crippen LogP) is 2.89. The molecule has 0 aromatic heterocycles. The number of aryl methyl sites for hydroxylation is 1. The maximum atomic E-state index is 13.3. The van der Waals surface area contributed by atoms with E-state index in [1.807, 2.05) is 31.2 Å². The second kappa shape index (κ2) is 15.3. The lowest BCUT2D eigenvalue weighted by Crippen LogP contribution is -2.48. The summed E-state index contributed by atoms with van der Waals surface area (Å²) in [4.78, 5) is 27.9. The summed E-state index contributed by atoms with van der Waals surface area (Å²) in [6.45, 7) is 7.60. The van der Waals surface area contributed by atoms with E-state index in [1.165, 1.54) is 12.1 Å². The zero-order valence-corrected chi connectivity index (χ0v) is 23.0. The molecule has 0 spiro atoms. The van der Waals surface area contributed by atoms with Crippen molar-refractivity contribution in [1.82, 2.24) is 14.9 Å². The number of hydrogen-bond donors (Lipinski definition) is 2. The fourth-order valence-electron chi connectivity index (χ4n) is 3.69. The molecule has 0 bridgehead atoms. The van der Waals surface area contributed by atoms with E-state index in [4.69, 9.17) is 9.47 Å². The summed E-state index contributed by atoms with van der Waals surface area (Å²) in [7, 11) is -1.94. The highest BCUT2D eigenvalue weighted by molar-refractivity contribution is 7.89. The molecular formula is C27H39N3O6S. The van der Waals surface area contributed by atoms with Crippen molar-refractivity contribution in [2.75, 3.05) is 33.4 Å². The Labute approximate surface area is 220 Å². The highest BCUT2D eigenvalue weighted by Gasteiger charge is 2.26. The third-order valence-corrected chi connectivity index (χ3v) is 7.41. The van der Waals surface area contributed by atoms with Gasteiger partial charge in [-0.25, -0.2) is 13.1 Å². The van der Waals surface area contributed by atoms with Gasteiger partial charge < -0.3 is 19.7 Å². The molecule has 1 atom stereocenters. The standard InChI is InChI=1S/C27H39N3O6S/c1-5-29-37(33,34)25-15-10-22(11-16-25)12-17-26(31)30(20-23-8-13-24(35-4)14-9-23)21(3)27(32)28-18-7-19-36-6-2/h8-11,13-16,21,29H,5-7,12,17-20H2,1-4H3,(H,28,32)/t21-/m1/s1. The smallest absolute Gasteiger partial charge is 0.242 e. The molecule has 0 fully saturated rings. The van der Waals surface area contributed by atoms with Crippen LogP contribution in [0, 0.1) is 0 Å². The lowest BCUT2D eigenvalue weighted by atomic mass is 10.1. The second-order valence-electron chi connectivity index (χ2n) is 8.53. The first-order valence-corrected chi connectivity index (χ1v) is 14.1. The molecule has 10 heteroatoms. The summed E-state index contributed by atoms with van der Waals surface area (Å²) in [6.07, 6.45) is 1.29. The van der Waals surface area contributed by atoms with Gasteiger partial charge >= 0.3 is 0 Å². The summed E-state index contributed by atoms with van der Waals surface area (Å²) >= 11 is 0. The lowest BCUT2D eigenvalue weighted by Gasteiger charge is -2.29. The van der Waals surface area contributed by atoms with Gasteiger partial charge in [-0.2, -0.15) is 0 Å². The number of carbonyl (C=O) groups is 2. The van der Waals surface area contributed by atoms with Gasteiger partial charge in [0, 0.05) is 39.3 Å². The van der Waals surface area contributed by atoms with Gasteiger partial charge in [-0.05, 0) is 62.1 Å². The van der Waals surface area contributed by atoms with E-state index in [-0.39, 0.29) is 29.7 Å². The summed E-state index contributed by atoms with van der Waals surface area (Å²) < 4.78 is 37.3. The molecule has 2 amide bonds. The van der Waals surface area contributed by atoms with E-state index in [0.717, 1.165) is 11.1 Å². The summed E-state index contributed by atoms with van der Waals surface area (Å²) in [5, 5.41) is 2.89. The maximum absolute atomic E-state index is 13.3. The SMILES string of the molecule is CCNS(=O)(=O)c1ccc(CCC(=O)N(Cc2ccc(OC)cc2)[C@H](C)C(=O)NCCCOCC)cc1. The summed E-state index contributed by atoms with van der Waals surface area (Å²) in [5.74, 6) is 0.315. The Morgan fingerprint density at radius 1 is 1.00 bits per heavy atom. The maximum Gasteiger partial charge on any atom is 0.242 e. The Bertz CT molecular complexity index is 1090. The van der Waals surface area contributed by atoms with Crippen LogP contribution in [0.5, 0.6) is 5.75 Å². The monoisotopic (exact) mass is 533 g/mol. The molecule has 0 aliphatic carbocycles. The minimum atomic E-state index is -3.53. The second-order valence-corrected chi connectivity index (χ2v) is 10.3. The average Bonchev–Trinajstić information content (AvgIpc) is 2.90. The predicted molar refractivity (Wildman–Crippen MR) is 143 cm³/mol. The normalized spacial score (nSPS) is 12.1. The van der Waals surface area contributed by atoms with Crippen molar-refractivity contribution in [3.8, 4) is 5.75 Å². The first-order chi connectivity index (χ1) is 17.7. The van der Waals surface area contributed by atoms with Gasteiger partial charge in [0.2, 0.25) is 21.8 Å². The number of methoxy groups -OCH3 is 1. The first-order valence-electron chi connectivity index (χ1n) is 12.6. The van der Waals surface area contributed by atoms with Crippen molar-refractivity contribution in [3.05, 3.63) is 59.7 Å². The first kappa shape index (κ1) is 30.3. The van der Waals surface area contributed by atoms with E-state index in [0.29, 0.717) is 44.9 Å². The van der Waals surface area contributed by atoms with Gasteiger partial charge in [-0.1, -0.05) is 31.2 Å². The Morgan fingerprint density at radius 2 is 1.65 bits per heavy atom. The van der Waals surface area contributed by atoms with Crippen LogP contribution in [0.25, 0.3) is 0 Å². The fraction of sp³-hybridized carbons (Fsp3) is 0.481. The van der Waals surface area contributed by atoms with Crippen LogP contribution in [-0.2, 0) is 37.3 Å². The van der Waals surface area contributed by atoms with Gasteiger partial charge in [0.25, 0.3) is 0 Å². The van der Waals surface area contributed by atoms with E-state index in [1.54, 1.807) is 38.0 Å². The third-order valence-electron chi connectivity index (χ3n) is 5.84. The fourth-order valence-corrected chi connectivity index (χ4v) is 4.73. The largest absolute Gasteiger partial charge is 0.497 e. The highest BCUT2D eigenvalue weighted by Crippen LogP contribution is 2.17. The van der Waals surface area contributed by atoms with Crippen molar-refractivity contribution in [2.45, 2.75) is 57.5 Å². The third kappa shape index (κ3) is 9.79. The number of sulfonamides is 1. The van der Waals surface area contributed by atoms with Crippen LogP contribution in [0.3, 0.4) is 0 Å². The highest BCUT2D eigenvalue weighted by atomic mass is 32.2. The number of rotatable bonds is 16. The van der Waals surface area contributed by atoms with Crippen LogP contribution in [0.1, 0.15) is 44.7 Å². The molecule has 0 unspecified atom stereocenters. The Morgan fingerprint density at radius 3 is 2.24 bits per heavy atom. The molecule has 0 aliphatic rings. The van der Waals surface area contributed by atoms with Crippen LogP contribution in [0.4, 0.5) is 0 Å². The van der Waals surface area contributed by atoms with Gasteiger partial charge in [0.1, 0.15) is 11.8 Å². The molecular weight excluding hydrogens is 494 g/mol. The molecule has 204 valence electrons. The van der Waals surface area contributed by atoms with Gasteiger partial charge in [-0.15, -0.1) is 0 Å². The molecule has 37 heavy (non-hydrogen) atoms. The molecule has 0 radical (unpaired) electrons. The van der Waals surface area contributed by atoms with E-state index < -0.39 is 16.1 Å². The number of carbonyl (C=O) groups excluding carboxylic acids is 2. The molecule has 0 saturated carbocycles. The average molecular weight is 534 g/mol. The summed E-state index contributed by atoms with van der Waals surface area (Å²) in [6, 6.07) is 13.2. The van der Waals surface area contributed by atoms with Crippen molar-refractivity contribution in [1.29, 1.82) is 0 Å². The Hall–Kier alpha value is -2.95. The molecule has 2 aromatic carbocycles. The minimum Gasteiger partial charge on any atom is -0.497 e. The number of ether oxygens (including phenoxy) is 2. The van der Waals surface area contributed by atoms with Crippen LogP contribution >= 0.6 is 0 Å². The molecule has 0 aliphatic heterocycles. The van der Waals surface area contributed by atoms with E-state index >= 15 is 0 Å². The zero-order valence-electron chi connectivity index (χ0n) is 22.2. The minimum absolute atomic E-state index is 0.169. The number of benzene rings is 2. The van der Waals surface area contributed by atoms with Gasteiger partial charge in [0.15, 0.2) is 0 Å². The van der Waals surface area contributed by atoms with E-state index in [9.17, 15) is 18.0 Å². The van der Waals surface area contributed by atoms with Gasteiger partial charge in [0.05, 0.1) is 12.0 Å². The van der Waals surface area contributed by atoms with Crippen LogP contribution in [0.15, 0.2) is 53.4 Å².